The van der Waals surface area contributed by atoms with E-state index in [2.05, 4.69) is 33.0 Å². The minimum atomic E-state index is 0.635. The van der Waals surface area contributed by atoms with Gasteiger partial charge in [-0.25, -0.2) is 0 Å². The third-order valence-electron chi connectivity index (χ3n) is 3.04. The first-order chi connectivity index (χ1) is 5.59. The van der Waals surface area contributed by atoms with Crippen LogP contribution in [0.1, 0.15) is 47.0 Å². The standard InChI is InChI=1S/C11H23N/c1-8(2)12-10(4)11-6-5-9(3)7-11/h8-12H,5-7H2,1-4H3. The minimum Gasteiger partial charge on any atom is -0.312 e. The Kier molecular flexibility index (Phi) is 3.57. The molecule has 0 aromatic carbocycles. The van der Waals surface area contributed by atoms with Crippen LogP contribution in [0.25, 0.3) is 0 Å². The predicted octanol–water partition coefficient (Wildman–Crippen LogP) is 2.81. The van der Waals surface area contributed by atoms with Gasteiger partial charge < -0.3 is 5.32 Å². The van der Waals surface area contributed by atoms with E-state index in [0.29, 0.717) is 6.04 Å². The molecule has 12 heavy (non-hydrogen) atoms. The molecule has 0 heterocycles. The average molecular weight is 169 g/mol. The van der Waals surface area contributed by atoms with Gasteiger partial charge >= 0.3 is 0 Å². The van der Waals surface area contributed by atoms with E-state index in [1.807, 2.05) is 0 Å². The third-order valence-corrected chi connectivity index (χ3v) is 3.04. The fourth-order valence-electron chi connectivity index (χ4n) is 2.37. The fourth-order valence-corrected chi connectivity index (χ4v) is 2.37. The van der Waals surface area contributed by atoms with E-state index >= 15 is 0 Å². The highest BCUT2D eigenvalue weighted by Crippen LogP contribution is 2.32. The average Bonchev–Trinajstić information content (AvgIpc) is 2.34. The van der Waals surface area contributed by atoms with Gasteiger partial charge in [0.15, 0.2) is 0 Å². The molecule has 1 saturated carbocycles. The molecule has 0 bridgehead atoms. The molecule has 0 amide bonds. The highest BCUT2D eigenvalue weighted by atomic mass is 14.9. The molecule has 1 N–H and O–H groups in total. The molecule has 1 heteroatoms. The highest BCUT2D eigenvalue weighted by molar-refractivity contribution is 4.81. The number of hydrogen-bond donors (Lipinski definition) is 1. The lowest BCUT2D eigenvalue weighted by atomic mass is 9.98. The zero-order chi connectivity index (χ0) is 9.14. The molecule has 0 radical (unpaired) electrons. The predicted molar refractivity (Wildman–Crippen MR) is 54.2 cm³/mol. The van der Waals surface area contributed by atoms with Gasteiger partial charge in [-0.15, -0.1) is 0 Å². The van der Waals surface area contributed by atoms with Gasteiger partial charge in [-0.1, -0.05) is 27.2 Å². The molecule has 0 aromatic rings. The van der Waals surface area contributed by atoms with Crippen molar-refractivity contribution >= 4 is 0 Å². The number of rotatable bonds is 3. The SMILES string of the molecule is CC1CCC(C(C)NC(C)C)C1. The number of hydrogen-bond acceptors (Lipinski definition) is 1. The van der Waals surface area contributed by atoms with E-state index in [9.17, 15) is 0 Å². The van der Waals surface area contributed by atoms with Crippen LogP contribution in [0.4, 0.5) is 0 Å². The lowest BCUT2D eigenvalue weighted by Gasteiger charge is -2.23. The summed E-state index contributed by atoms with van der Waals surface area (Å²) in [6.45, 7) is 9.18. The Hall–Kier alpha value is -0.0400. The van der Waals surface area contributed by atoms with Crippen LogP contribution in [0.2, 0.25) is 0 Å². The molecular formula is C11H23N. The molecule has 0 saturated heterocycles. The lowest BCUT2D eigenvalue weighted by molar-refractivity contribution is 0.350. The largest absolute Gasteiger partial charge is 0.312 e. The summed E-state index contributed by atoms with van der Waals surface area (Å²) in [5.74, 6) is 1.90. The monoisotopic (exact) mass is 169 g/mol. The first-order valence-corrected chi connectivity index (χ1v) is 5.35. The lowest BCUT2D eigenvalue weighted by Crippen LogP contribution is -2.37. The molecule has 0 aliphatic heterocycles. The molecule has 1 nitrogen and oxygen atoms in total. The van der Waals surface area contributed by atoms with Gasteiger partial charge in [0, 0.05) is 12.1 Å². The van der Waals surface area contributed by atoms with E-state index in [1.165, 1.54) is 19.3 Å². The Balaban J connectivity index is 2.28. The Morgan fingerprint density at radius 3 is 2.25 bits per heavy atom. The van der Waals surface area contributed by atoms with Gasteiger partial charge in [0.25, 0.3) is 0 Å². The van der Waals surface area contributed by atoms with E-state index in [-0.39, 0.29) is 0 Å². The summed E-state index contributed by atoms with van der Waals surface area (Å²) in [5.41, 5.74) is 0. The van der Waals surface area contributed by atoms with Crippen molar-refractivity contribution in [3.05, 3.63) is 0 Å². The maximum Gasteiger partial charge on any atom is 0.00694 e. The van der Waals surface area contributed by atoms with Crippen LogP contribution in [-0.4, -0.2) is 12.1 Å². The summed E-state index contributed by atoms with van der Waals surface area (Å²) >= 11 is 0. The quantitative estimate of drug-likeness (QED) is 0.685. The van der Waals surface area contributed by atoms with Gasteiger partial charge in [-0.2, -0.15) is 0 Å². The van der Waals surface area contributed by atoms with Crippen molar-refractivity contribution in [2.75, 3.05) is 0 Å². The van der Waals surface area contributed by atoms with Crippen LogP contribution in [0, 0.1) is 11.8 Å². The molecule has 1 aliphatic rings. The van der Waals surface area contributed by atoms with Crippen molar-refractivity contribution in [2.24, 2.45) is 11.8 Å². The Bertz CT molecular complexity index is 131. The molecule has 0 aromatic heterocycles. The van der Waals surface area contributed by atoms with Crippen LogP contribution in [0.5, 0.6) is 0 Å². The second kappa shape index (κ2) is 4.27. The van der Waals surface area contributed by atoms with E-state index in [0.717, 1.165) is 17.9 Å². The highest BCUT2D eigenvalue weighted by Gasteiger charge is 2.25. The van der Waals surface area contributed by atoms with Crippen LogP contribution >= 0.6 is 0 Å². The van der Waals surface area contributed by atoms with E-state index in [1.54, 1.807) is 0 Å². The van der Waals surface area contributed by atoms with Crippen molar-refractivity contribution in [1.82, 2.24) is 5.32 Å². The molecule has 1 fully saturated rings. The molecular weight excluding hydrogens is 146 g/mol. The minimum absolute atomic E-state index is 0.635. The zero-order valence-corrected chi connectivity index (χ0v) is 8.93. The van der Waals surface area contributed by atoms with Crippen LogP contribution in [0.3, 0.4) is 0 Å². The molecule has 0 spiro atoms. The summed E-state index contributed by atoms with van der Waals surface area (Å²) in [6.07, 6.45) is 4.30. The van der Waals surface area contributed by atoms with Crippen molar-refractivity contribution in [1.29, 1.82) is 0 Å². The third kappa shape index (κ3) is 2.78. The van der Waals surface area contributed by atoms with Crippen molar-refractivity contribution in [3.63, 3.8) is 0 Å². The maximum atomic E-state index is 3.61. The Labute approximate surface area is 76.9 Å². The Morgan fingerprint density at radius 2 is 1.83 bits per heavy atom. The smallest absolute Gasteiger partial charge is 0.00694 e. The van der Waals surface area contributed by atoms with Gasteiger partial charge in [0.05, 0.1) is 0 Å². The van der Waals surface area contributed by atoms with E-state index in [4.69, 9.17) is 0 Å². The van der Waals surface area contributed by atoms with E-state index < -0.39 is 0 Å². The normalized spacial score (nSPS) is 32.8. The summed E-state index contributed by atoms with van der Waals surface area (Å²) in [6, 6.07) is 1.35. The summed E-state index contributed by atoms with van der Waals surface area (Å²) in [7, 11) is 0. The van der Waals surface area contributed by atoms with Crippen LogP contribution in [-0.2, 0) is 0 Å². The van der Waals surface area contributed by atoms with Crippen LogP contribution < -0.4 is 5.32 Å². The number of nitrogens with one attached hydrogen (secondary N) is 1. The summed E-state index contributed by atoms with van der Waals surface area (Å²) in [4.78, 5) is 0. The molecule has 3 unspecified atom stereocenters. The second-order valence-corrected chi connectivity index (χ2v) is 4.79. The van der Waals surface area contributed by atoms with Gasteiger partial charge in [0.2, 0.25) is 0 Å². The van der Waals surface area contributed by atoms with Gasteiger partial charge in [-0.3, -0.25) is 0 Å². The molecule has 1 rings (SSSR count). The van der Waals surface area contributed by atoms with Crippen molar-refractivity contribution in [2.45, 2.75) is 59.0 Å². The van der Waals surface area contributed by atoms with Gasteiger partial charge in [-0.05, 0) is 31.6 Å². The summed E-state index contributed by atoms with van der Waals surface area (Å²) in [5, 5.41) is 3.61. The second-order valence-electron chi connectivity index (χ2n) is 4.79. The Morgan fingerprint density at radius 1 is 1.17 bits per heavy atom. The first kappa shape index (κ1) is 10.0. The topological polar surface area (TPSA) is 12.0 Å². The first-order valence-electron chi connectivity index (χ1n) is 5.35. The molecule has 3 atom stereocenters. The fraction of sp³-hybridized carbons (Fsp3) is 1.00. The van der Waals surface area contributed by atoms with Crippen LogP contribution in [0.15, 0.2) is 0 Å². The van der Waals surface area contributed by atoms with Crippen molar-refractivity contribution < 1.29 is 0 Å². The maximum absolute atomic E-state index is 3.61. The molecule has 72 valence electrons. The summed E-state index contributed by atoms with van der Waals surface area (Å²) < 4.78 is 0. The molecule has 1 aliphatic carbocycles. The zero-order valence-electron chi connectivity index (χ0n) is 8.93. The van der Waals surface area contributed by atoms with Crippen molar-refractivity contribution in [3.8, 4) is 0 Å². The van der Waals surface area contributed by atoms with Gasteiger partial charge in [0.1, 0.15) is 0 Å².